The van der Waals surface area contributed by atoms with Gasteiger partial charge in [0.2, 0.25) is 0 Å². The van der Waals surface area contributed by atoms with E-state index in [0.717, 1.165) is 16.8 Å². The Balaban J connectivity index is 2.15. The lowest BCUT2D eigenvalue weighted by Crippen LogP contribution is -2.08. The maximum Gasteiger partial charge on any atom is 0.307 e. The van der Waals surface area contributed by atoms with Gasteiger partial charge in [-0.1, -0.05) is 56.3 Å². The fraction of sp³-hybridized carbons (Fsp3) is 0.278. The van der Waals surface area contributed by atoms with Crippen molar-refractivity contribution < 1.29 is 9.90 Å². The standard InChI is InChI=1S/C18H21NO2/c1-13(2)16-9-5-6-10-17(16)19-12-15-8-4-3-7-14(15)11-18(20)21/h3-10,13,19H,11-12H2,1-2H3,(H,20,21). The van der Waals surface area contributed by atoms with Crippen LogP contribution in [0.15, 0.2) is 48.5 Å². The number of aliphatic carboxylic acids is 1. The molecule has 0 radical (unpaired) electrons. The molecule has 0 spiro atoms. The summed E-state index contributed by atoms with van der Waals surface area (Å²) in [5.41, 5.74) is 4.27. The summed E-state index contributed by atoms with van der Waals surface area (Å²) < 4.78 is 0. The summed E-state index contributed by atoms with van der Waals surface area (Å²) in [6.45, 7) is 4.96. The zero-order valence-electron chi connectivity index (χ0n) is 12.5. The van der Waals surface area contributed by atoms with Gasteiger partial charge in [-0.25, -0.2) is 0 Å². The molecule has 0 heterocycles. The van der Waals surface area contributed by atoms with Gasteiger partial charge in [-0.15, -0.1) is 0 Å². The molecule has 2 rings (SSSR count). The number of para-hydroxylation sites is 1. The molecule has 0 aliphatic rings. The van der Waals surface area contributed by atoms with Crippen molar-refractivity contribution >= 4 is 11.7 Å². The number of benzene rings is 2. The Morgan fingerprint density at radius 1 is 1.05 bits per heavy atom. The monoisotopic (exact) mass is 283 g/mol. The number of hydrogen-bond acceptors (Lipinski definition) is 2. The minimum atomic E-state index is -0.801. The van der Waals surface area contributed by atoms with Gasteiger partial charge in [0.25, 0.3) is 0 Å². The maximum atomic E-state index is 10.9. The van der Waals surface area contributed by atoms with Gasteiger partial charge in [-0.05, 0) is 28.7 Å². The largest absolute Gasteiger partial charge is 0.481 e. The van der Waals surface area contributed by atoms with Gasteiger partial charge in [-0.3, -0.25) is 4.79 Å². The number of hydrogen-bond donors (Lipinski definition) is 2. The molecular weight excluding hydrogens is 262 g/mol. The number of carboxylic acids is 1. The summed E-state index contributed by atoms with van der Waals surface area (Å²) in [7, 11) is 0. The second-order valence-electron chi connectivity index (χ2n) is 5.43. The lowest BCUT2D eigenvalue weighted by atomic mass is 10.0. The Morgan fingerprint density at radius 3 is 2.33 bits per heavy atom. The van der Waals surface area contributed by atoms with Crippen LogP contribution in [0, 0.1) is 0 Å². The van der Waals surface area contributed by atoms with E-state index >= 15 is 0 Å². The van der Waals surface area contributed by atoms with Gasteiger partial charge < -0.3 is 10.4 Å². The van der Waals surface area contributed by atoms with Crippen molar-refractivity contribution in [2.45, 2.75) is 32.7 Å². The second kappa shape index (κ2) is 6.93. The van der Waals surface area contributed by atoms with Crippen LogP contribution >= 0.6 is 0 Å². The molecule has 110 valence electrons. The Hall–Kier alpha value is -2.29. The van der Waals surface area contributed by atoms with Gasteiger partial charge in [0.1, 0.15) is 0 Å². The minimum Gasteiger partial charge on any atom is -0.481 e. The predicted molar refractivity (Wildman–Crippen MR) is 85.6 cm³/mol. The molecule has 0 amide bonds. The summed E-state index contributed by atoms with van der Waals surface area (Å²) >= 11 is 0. The third-order valence-electron chi connectivity index (χ3n) is 3.51. The molecule has 0 atom stereocenters. The molecule has 0 saturated carbocycles. The van der Waals surface area contributed by atoms with E-state index in [1.807, 2.05) is 36.4 Å². The normalized spacial score (nSPS) is 10.6. The molecule has 3 heteroatoms. The summed E-state index contributed by atoms with van der Waals surface area (Å²) in [5.74, 6) is -0.354. The highest BCUT2D eigenvalue weighted by Gasteiger charge is 2.08. The van der Waals surface area contributed by atoms with Crippen LogP contribution in [0.1, 0.15) is 36.5 Å². The van der Waals surface area contributed by atoms with Crippen LogP contribution in [0.5, 0.6) is 0 Å². The lowest BCUT2D eigenvalue weighted by Gasteiger charge is -2.15. The zero-order valence-corrected chi connectivity index (χ0v) is 12.5. The summed E-state index contributed by atoms with van der Waals surface area (Å²) in [6, 6.07) is 15.9. The molecular formula is C18H21NO2. The van der Waals surface area contributed by atoms with Crippen LogP contribution in [0.2, 0.25) is 0 Å². The van der Waals surface area contributed by atoms with E-state index in [9.17, 15) is 4.79 Å². The van der Waals surface area contributed by atoms with Crippen molar-refractivity contribution in [2.75, 3.05) is 5.32 Å². The van der Waals surface area contributed by atoms with E-state index in [1.54, 1.807) is 0 Å². The van der Waals surface area contributed by atoms with Crippen LogP contribution in [0.4, 0.5) is 5.69 Å². The molecule has 0 fully saturated rings. The van der Waals surface area contributed by atoms with E-state index < -0.39 is 5.97 Å². The number of carbonyl (C=O) groups is 1. The van der Waals surface area contributed by atoms with Crippen molar-refractivity contribution in [1.82, 2.24) is 0 Å². The average molecular weight is 283 g/mol. The highest BCUT2D eigenvalue weighted by molar-refractivity contribution is 5.70. The zero-order chi connectivity index (χ0) is 15.2. The van der Waals surface area contributed by atoms with Gasteiger partial charge in [0, 0.05) is 12.2 Å². The smallest absolute Gasteiger partial charge is 0.307 e. The van der Waals surface area contributed by atoms with Crippen molar-refractivity contribution in [3.8, 4) is 0 Å². The van der Waals surface area contributed by atoms with Gasteiger partial charge in [-0.2, -0.15) is 0 Å². The molecule has 2 aromatic carbocycles. The van der Waals surface area contributed by atoms with Crippen molar-refractivity contribution in [3.63, 3.8) is 0 Å². The first-order chi connectivity index (χ1) is 10.1. The van der Waals surface area contributed by atoms with Gasteiger partial charge in [0.15, 0.2) is 0 Å². The summed E-state index contributed by atoms with van der Waals surface area (Å²) in [4.78, 5) is 10.9. The van der Waals surface area contributed by atoms with Gasteiger partial charge in [0.05, 0.1) is 6.42 Å². The van der Waals surface area contributed by atoms with E-state index in [-0.39, 0.29) is 6.42 Å². The number of anilines is 1. The minimum absolute atomic E-state index is 0.0592. The maximum absolute atomic E-state index is 10.9. The third kappa shape index (κ3) is 4.09. The lowest BCUT2D eigenvalue weighted by molar-refractivity contribution is -0.136. The SMILES string of the molecule is CC(C)c1ccccc1NCc1ccccc1CC(=O)O. The number of rotatable bonds is 6. The van der Waals surface area contributed by atoms with Crippen LogP contribution in [0.3, 0.4) is 0 Å². The fourth-order valence-corrected chi connectivity index (χ4v) is 2.42. The highest BCUT2D eigenvalue weighted by atomic mass is 16.4. The molecule has 0 aromatic heterocycles. The number of nitrogens with one attached hydrogen (secondary N) is 1. The Labute approximate surface area is 125 Å². The predicted octanol–water partition coefficient (Wildman–Crippen LogP) is 4.05. The van der Waals surface area contributed by atoms with Crippen LogP contribution in [0.25, 0.3) is 0 Å². The van der Waals surface area contributed by atoms with Gasteiger partial charge >= 0.3 is 5.97 Å². The summed E-state index contributed by atoms with van der Waals surface area (Å²) in [6.07, 6.45) is 0.0592. The third-order valence-corrected chi connectivity index (χ3v) is 3.51. The summed E-state index contributed by atoms with van der Waals surface area (Å²) in [5, 5.41) is 12.4. The van der Waals surface area contributed by atoms with E-state index in [0.29, 0.717) is 12.5 Å². The number of carboxylic acid groups (broad SMARTS) is 1. The van der Waals surface area contributed by atoms with E-state index in [1.165, 1.54) is 5.56 Å². The molecule has 21 heavy (non-hydrogen) atoms. The quantitative estimate of drug-likeness (QED) is 0.841. The average Bonchev–Trinajstić information content (AvgIpc) is 2.46. The molecule has 0 saturated heterocycles. The van der Waals surface area contributed by atoms with Crippen molar-refractivity contribution in [3.05, 3.63) is 65.2 Å². The molecule has 0 bridgehead atoms. The molecule has 0 aliphatic heterocycles. The highest BCUT2D eigenvalue weighted by Crippen LogP contribution is 2.24. The van der Waals surface area contributed by atoms with Crippen molar-refractivity contribution in [1.29, 1.82) is 0 Å². The van der Waals surface area contributed by atoms with Crippen molar-refractivity contribution in [2.24, 2.45) is 0 Å². The van der Waals surface area contributed by atoms with Crippen LogP contribution in [-0.2, 0) is 17.8 Å². The molecule has 3 nitrogen and oxygen atoms in total. The first-order valence-electron chi connectivity index (χ1n) is 7.19. The molecule has 0 aliphatic carbocycles. The molecule has 2 N–H and O–H groups in total. The first kappa shape index (κ1) is 15.1. The Kier molecular flexibility index (Phi) is 4.99. The topological polar surface area (TPSA) is 49.3 Å². The molecule has 0 unspecified atom stereocenters. The van der Waals surface area contributed by atoms with E-state index in [2.05, 4.69) is 31.3 Å². The molecule has 2 aromatic rings. The van der Waals surface area contributed by atoms with E-state index in [4.69, 9.17) is 5.11 Å². The van der Waals surface area contributed by atoms with Crippen LogP contribution in [-0.4, -0.2) is 11.1 Å². The Bertz CT molecular complexity index is 620. The fourth-order valence-electron chi connectivity index (χ4n) is 2.42. The van der Waals surface area contributed by atoms with Crippen LogP contribution < -0.4 is 5.32 Å². The Morgan fingerprint density at radius 2 is 1.67 bits per heavy atom. The second-order valence-corrected chi connectivity index (χ2v) is 5.43. The first-order valence-corrected chi connectivity index (χ1v) is 7.19.